The Morgan fingerprint density at radius 3 is 2.15 bits per heavy atom. The van der Waals surface area contributed by atoms with Gasteiger partial charge in [-0.1, -0.05) is 0 Å². The van der Waals surface area contributed by atoms with Crippen LogP contribution in [0, 0.1) is 0 Å². The summed E-state index contributed by atoms with van der Waals surface area (Å²) in [5.41, 5.74) is 5.22. The molecule has 1 rings (SSSR count). The van der Waals surface area contributed by atoms with Crippen molar-refractivity contribution in [2.45, 2.75) is 9.79 Å². The molecule has 0 aliphatic rings. The van der Waals surface area contributed by atoms with Crippen molar-refractivity contribution in [2.75, 3.05) is 5.73 Å². The molecule has 0 aliphatic carbocycles. The molecule has 1 aromatic rings. The van der Waals surface area contributed by atoms with Crippen molar-refractivity contribution in [3.63, 3.8) is 0 Å². The summed E-state index contributed by atoms with van der Waals surface area (Å²) in [5, 5.41) is 0. The highest BCUT2D eigenvalue weighted by Crippen LogP contribution is 2.18. The number of benzene rings is 1. The quantitative estimate of drug-likeness (QED) is 0.545. The Kier molecular flexibility index (Phi) is 3.15. The number of hydrogen-bond donors (Lipinski definition) is 1. The van der Waals surface area contributed by atoms with Crippen molar-refractivity contribution in [3.8, 4) is 0 Å². The van der Waals surface area contributed by atoms with E-state index in [9.17, 15) is 17.5 Å². The molecule has 0 spiro atoms. The average Bonchev–Trinajstić information content (AvgIpc) is 2.03. The van der Waals surface area contributed by atoms with Crippen LogP contribution in [0.2, 0.25) is 0 Å². The molecule has 0 aromatic heterocycles. The van der Waals surface area contributed by atoms with E-state index >= 15 is 0 Å². The van der Waals surface area contributed by atoms with E-state index in [4.69, 9.17) is 5.73 Å². The molecule has 0 bridgehead atoms. The number of anilines is 1. The van der Waals surface area contributed by atoms with Gasteiger partial charge in [0.15, 0.2) is 0 Å². The van der Waals surface area contributed by atoms with Crippen molar-refractivity contribution in [3.05, 3.63) is 18.2 Å². The zero-order chi connectivity index (χ0) is 10.0. The lowest BCUT2D eigenvalue weighted by molar-refractivity contribution is 0.534. The van der Waals surface area contributed by atoms with Crippen LogP contribution in [0.3, 0.4) is 0 Å². The van der Waals surface area contributed by atoms with Gasteiger partial charge in [-0.05, 0) is 40.4 Å². The summed E-state index contributed by atoms with van der Waals surface area (Å²) in [6, 6.07) is 3.41. The van der Waals surface area contributed by atoms with Gasteiger partial charge in [-0.25, -0.2) is 0 Å². The molecule has 0 aliphatic heterocycles. The highest BCUT2D eigenvalue weighted by molar-refractivity contribution is 7.79. The fourth-order valence-corrected chi connectivity index (χ4v) is 1.61. The molecule has 2 N–H and O–H groups in total. The van der Waals surface area contributed by atoms with Crippen LogP contribution in [-0.2, 0) is 22.2 Å². The molecule has 0 radical (unpaired) electrons. The Morgan fingerprint density at radius 1 is 1.15 bits per heavy atom. The zero-order valence-electron chi connectivity index (χ0n) is 6.26. The predicted octanol–water partition coefficient (Wildman–Crippen LogP) is -0.255. The number of nitrogens with two attached hydrogens (primary N) is 1. The number of nitrogen functional groups attached to an aromatic ring is 1. The number of hydrogen-bond acceptors (Lipinski definition) is 5. The molecule has 0 heterocycles. The Bertz CT molecular complexity index is 379. The lowest BCUT2D eigenvalue weighted by Gasteiger charge is -2.11. The maximum Gasteiger partial charge on any atom is 0.0479 e. The summed E-state index contributed by atoms with van der Waals surface area (Å²) < 4.78 is 41.8. The Hall–Kier alpha value is -0.760. The third kappa shape index (κ3) is 2.34. The van der Waals surface area contributed by atoms with E-state index in [1.807, 2.05) is 0 Å². The zero-order valence-corrected chi connectivity index (χ0v) is 7.89. The van der Waals surface area contributed by atoms with Gasteiger partial charge >= 0.3 is 0 Å². The fraction of sp³-hybridized carbons (Fsp3) is 0. The molecule has 72 valence electrons. The van der Waals surface area contributed by atoms with Gasteiger partial charge < -0.3 is 14.8 Å². The lowest BCUT2D eigenvalue weighted by Crippen LogP contribution is -1.99. The first-order chi connectivity index (χ1) is 6.02. The van der Waals surface area contributed by atoms with Crippen molar-refractivity contribution < 1.29 is 17.5 Å². The molecular weight excluding hydrogens is 214 g/mol. The van der Waals surface area contributed by atoms with Gasteiger partial charge in [-0.3, -0.25) is 8.42 Å². The van der Waals surface area contributed by atoms with E-state index in [1.165, 1.54) is 6.07 Å². The fourth-order valence-electron chi connectivity index (χ4n) is 0.782. The molecule has 5 nitrogen and oxygen atoms in total. The van der Waals surface area contributed by atoms with Crippen molar-refractivity contribution in [1.29, 1.82) is 0 Å². The van der Waals surface area contributed by atoms with E-state index < -0.39 is 22.2 Å². The van der Waals surface area contributed by atoms with Crippen LogP contribution in [0.5, 0.6) is 0 Å². The molecule has 2 atom stereocenters. The van der Waals surface area contributed by atoms with Gasteiger partial charge in [0.05, 0.1) is 0 Å². The van der Waals surface area contributed by atoms with Crippen LogP contribution in [0.1, 0.15) is 0 Å². The first-order valence-electron chi connectivity index (χ1n) is 3.10. The molecule has 1 aromatic carbocycles. The summed E-state index contributed by atoms with van der Waals surface area (Å²) in [7, 11) is 0. The van der Waals surface area contributed by atoms with Gasteiger partial charge in [0.2, 0.25) is 0 Å². The molecule has 0 saturated carbocycles. The lowest BCUT2D eigenvalue weighted by atomic mass is 10.3. The highest BCUT2D eigenvalue weighted by atomic mass is 32.2. The minimum absolute atomic E-state index is 0.0355. The highest BCUT2D eigenvalue weighted by Gasteiger charge is 2.00. The molecule has 0 fully saturated rings. The summed E-state index contributed by atoms with van der Waals surface area (Å²) in [6.45, 7) is 0. The van der Waals surface area contributed by atoms with Gasteiger partial charge in [-0.2, -0.15) is 0 Å². The third-order valence-corrected chi connectivity index (χ3v) is 2.72. The van der Waals surface area contributed by atoms with Gasteiger partial charge in [0.1, 0.15) is 0 Å². The maximum absolute atomic E-state index is 10.5. The Morgan fingerprint density at radius 2 is 1.77 bits per heavy atom. The number of rotatable bonds is 2. The van der Waals surface area contributed by atoms with Crippen LogP contribution in [0.15, 0.2) is 28.0 Å². The SMILES string of the molecule is Nc1cc(S(=O)[O-])ccc1S(=O)[O-]. The Labute approximate surface area is 79.5 Å². The standard InChI is InChI=1S/C6H7NO4S2/c7-5-3-4(12(8)9)1-2-6(5)13(10)11/h1-3H,7H2,(H,8,9)(H,10,11)/p-2. The first-order valence-corrected chi connectivity index (χ1v) is 5.25. The minimum atomic E-state index is -2.44. The summed E-state index contributed by atoms with van der Waals surface area (Å²) in [5.74, 6) is 0. The van der Waals surface area contributed by atoms with E-state index in [-0.39, 0.29) is 15.5 Å². The Balaban J connectivity index is 3.20. The predicted molar refractivity (Wildman–Crippen MR) is 45.2 cm³/mol. The normalized spacial score (nSPS) is 15.2. The van der Waals surface area contributed by atoms with Crippen molar-refractivity contribution in [1.82, 2.24) is 0 Å². The van der Waals surface area contributed by atoms with Gasteiger partial charge in [0.25, 0.3) is 0 Å². The van der Waals surface area contributed by atoms with E-state index in [0.717, 1.165) is 12.1 Å². The third-order valence-electron chi connectivity index (χ3n) is 1.35. The second-order valence-corrected chi connectivity index (χ2v) is 4.02. The van der Waals surface area contributed by atoms with Crippen molar-refractivity contribution in [2.24, 2.45) is 0 Å². The first kappa shape index (κ1) is 10.3. The summed E-state index contributed by atoms with van der Waals surface area (Å²) in [4.78, 5) is -0.138. The maximum atomic E-state index is 10.5. The van der Waals surface area contributed by atoms with Crippen LogP contribution >= 0.6 is 0 Å². The van der Waals surface area contributed by atoms with Crippen LogP contribution in [-0.4, -0.2) is 17.5 Å². The van der Waals surface area contributed by atoms with Crippen LogP contribution in [0.4, 0.5) is 5.69 Å². The van der Waals surface area contributed by atoms with E-state index in [1.54, 1.807) is 0 Å². The van der Waals surface area contributed by atoms with E-state index in [0.29, 0.717) is 0 Å². The van der Waals surface area contributed by atoms with Crippen LogP contribution < -0.4 is 5.73 Å². The second kappa shape index (κ2) is 3.97. The van der Waals surface area contributed by atoms with E-state index in [2.05, 4.69) is 0 Å². The largest absolute Gasteiger partial charge is 0.768 e. The smallest absolute Gasteiger partial charge is 0.0479 e. The average molecular weight is 219 g/mol. The molecule has 0 amide bonds. The molecule has 7 heteroatoms. The van der Waals surface area contributed by atoms with Gasteiger partial charge in [0, 0.05) is 15.5 Å². The molecule has 13 heavy (non-hydrogen) atoms. The summed E-state index contributed by atoms with van der Waals surface area (Å²) in [6.07, 6.45) is 0. The van der Waals surface area contributed by atoms with Crippen molar-refractivity contribution >= 4 is 27.8 Å². The monoisotopic (exact) mass is 219 g/mol. The topological polar surface area (TPSA) is 106 Å². The van der Waals surface area contributed by atoms with Gasteiger partial charge in [-0.15, -0.1) is 0 Å². The summed E-state index contributed by atoms with van der Waals surface area (Å²) >= 11 is -4.83. The molecule has 0 saturated heterocycles. The van der Waals surface area contributed by atoms with Crippen LogP contribution in [0.25, 0.3) is 0 Å². The minimum Gasteiger partial charge on any atom is -0.768 e. The second-order valence-electron chi connectivity index (χ2n) is 2.17. The molecular formula is C6H5NO4S2-2. The molecule has 2 unspecified atom stereocenters.